The van der Waals surface area contributed by atoms with Gasteiger partial charge in [-0.25, -0.2) is 4.79 Å². The number of esters is 1. The molecule has 8 heteroatoms. The van der Waals surface area contributed by atoms with E-state index in [1.807, 2.05) is 0 Å². The van der Waals surface area contributed by atoms with Crippen LogP contribution in [0.4, 0.5) is 0 Å². The number of ether oxygens (including phenoxy) is 4. The van der Waals surface area contributed by atoms with Crippen molar-refractivity contribution in [1.29, 1.82) is 0 Å². The average Bonchev–Trinajstić information content (AvgIpc) is 2.69. The van der Waals surface area contributed by atoms with Gasteiger partial charge in [-0.1, -0.05) is 0 Å². The van der Waals surface area contributed by atoms with E-state index >= 15 is 0 Å². The molecule has 0 unspecified atom stereocenters. The summed E-state index contributed by atoms with van der Waals surface area (Å²) in [5.41, 5.74) is 5.50. The Labute approximate surface area is 155 Å². The topological polar surface area (TPSA) is 114 Å². The lowest BCUT2D eigenvalue weighted by molar-refractivity contribution is -0.119. The van der Waals surface area contributed by atoms with Crippen molar-refractivity contribution in [3.05, 3.63) is 53.6 Å². The van der Waals surface area contributed by atoms with Crippen molar-refractivity contribution in [2.45, 2.75) is 0 Å². The van der Waals surface area contributed by atoms with Crippen LogP contribution in [0.25, 0.3) is 0 Å². The smallest absolute Gasteiger partial charge is 0.338 e. The van der Waals surface area contributed by atoms with Crippen LogP contribution in [0, 0.1) is 0 Å². The highest BCUT2D eigenvalue weighted by Gasteiger charge is 2.16. The average molecular weight is 373 g/mol. The van der Waals surface area contributed by atoms with Gasteiger partial charge in [0.1, 0.15) is 17.2 Å². The molecule has 2 aromatic carbocycles. The SMILES string of the molecule is COc1ccc(C(=O)COC(=O)c2ccc(OCC(N)=O)cc2)c(OC)c1. The molecule has 142 valence electrons. The van der Waals surface area contributed by atoms with E-state index < -0.39 is 24.3 Å². The first-order valence-corrected chi connectivity index (χ1v) is 7.88. The minimum atomic E-state index is -0.669. The molecule has 0 atom stereocenters. The van der Waals surface area contributed by atoms with Crippen molar-refractivity contribution in [2.24, 2.45) is 5.73 Å². The number of primary amides is 1. The van der Waals surface area contributed by atoms with Gasteiger partial charge in [0.2, 0.25) is 5.78 Å². The third-order valence-corrected chi connectivity index (χ3v) is 3.51. The van der Waals surface area contributed by atoms with Gasteiger partial charge in [-0.15, -0.1) is 0 Å². The Balaban J connectivity index is 1.96. The minimum Gasteiger partial charge on any atom is -0.497 e. The van der Waals surface area contributed by atoms with E-state index in [9.17, 15) is 14.4 Å². The fourth-order valence-electron chi connectivity index (χ4n) is 2.16. The quantitative estimate of drug-likeness (QED) is 0.524. The first-order valence-electron chi connectivity index (χ1n) is 7.88. The second kappa shape index (κ2) is 9.23. The largest absolute Gasteiger partial charge is 0.497 e. The summed E-state index contributed by atoms with van der Waals surface area (Å²) in [5, 5.41) is 0. The number of Topliss-reactive ketones (excluding diaryl/α,β-unsaturated/α-hetero) is 1. The fourth-order valence-corrected chi connectivity index (χ4v) is 2.16. The number of hydrogen-bond acceptors (Lipinski definition) is 7. The molecule has 1 amide bonds. The molecule has 0 aliphatic heterocycles. The Bertz CT molecular complexity index is 830. The number of hydrogen-bond donors (Lipinski definition) is 1. The van der Waals surface area contributed by atoms with Crippen LogP contribution in [0.3, 0.4) is 0 Å². The van der Waals surface area contributed by atoms with Crippen LogP contribution in [-0.2, 0) is 9.53 Å². The van der Waals surface area contributed by atoms with Crippen molar-refractivity contribution < 1.29 is 33.3 Å². The third kappa shape index (κ3) is 5.46. The van der Waals surface area contributed by atoms with Gasteiger partial charge in [0.15, 0.2) is 13.2 Å². The second-order valence-electron chi connectivity index (χ2n) is 5.34. The zero-order chi connectivity index (χ0) is 19.8. The minimum absolute atomic E-state index is 0.232. The number of benzene rings is 2. The summed E-state index contributed by atoms with van der Waals surface area (Å²) in [6, 6.07) is 10.6. The molecular weight excluding hydrogens is 354 g/mol. The molecule has 0 spiro atoms. The summed E-state index contributed by atoms with van der Waals surface area (Å²) in [6.07, 6.45) is 0. The first kappa shape index (κ1) is 19.8. The van der Waals surface area contributed by atoms with Crippen LogP contribution in [0.5, 0.6) is 17.2 Å². The predicted molar refractivity (Wildman–Crippen MR) is 95.3 cm³/mol. The molecule has 0 aliphatic rings. The van der Waals surface area contributed by atoms with Gasteiger partial charge in [0.25, 0.3) is 5.91 Å². The highest BCUT2D eigenvalue weighted by atomic mass is 16.5. The van der Waals surface area contributed by atoms with Crippen molar-refractivity contribution in [3.8, 4) is 17.2 Å². The van der Waals surface area contributed by atoms with Gasteiger partial charge in [-0.2, -0.15) is 0 Å². The molecule has 8 nitrogen and oxygen atoms in total. The maximum atomic E-state index is 12.3. The summed E-state index contributed by atoms with van der Waals surface area (Å²) in [4.78, 5) is 35.0. The van der Waals surface area contributed by atoms with Crippen LogP contribution < -0.4 is 19.9 Å². The van der Waals surface area contributed by atoms with Crippen LogP contribution in [0.2, 0.25) is 0 Å². The molecule has 0 aromatic heterocycles. The summed E-state index contributed by atoms with van der Waals surface area (Å²) in [5.74, 6) is -0.442. The Hall–Kier alpha value is -3.55. The molecule has 0 radical (unpaired) electrons. The summed E-state index contributed by atoms with van der Waals surface area (Å²) < 4.78 is 20.4. The van der Waals surface area contributed by atoms with Crippen LogP contribution >= 0.6 is 0 Å². The fraction of sp³-hybridized carbons (Fsp3) is 0.211. The maximum absolute atomic E-state index is 12.3. The van der Waals surface area contributed by atoms with Crippen molar-refractivity contribution in [1.82, 2.24) is 0 Å². The molecule has 0 saturated carbocycles. The zero-order valence-corrected chi connectivity index (χ0v) is 14.9. The summed E-state index contributed by atoms with van der Waals surface area (Å²) >= 11 is 0. The number of carbonyl (C=O) groups is 3. The van der Waals surface area contributed by atoms with Gasteiger partial charge in [0, 0.05) is 6.07 Å². The highest BCUT2D eigenvalue weighted by Crippen LogP contribution is 2.25. The Morgan fingerprint density at radius 3 is 2.15 bits per heavy atom. The Kier molecular flexibility index (Phi) is 6.76. The lowest BCUT2D eigenvalue weighted by Crippen LogP contribution is -2.20. The van der Waals surface area contributed by atoms with Crippen LogP contribution in [0.15, 0.2) is 42.5 Å². The Morgan fingerprint density at radius 1 is 0.889 bits per heavy atom. The van der Waals surface area contributed by atoms with Crippen molar-refractivity contribution in [2.75, 3.05) is 27.4 Å². The lowest BCUT2D eigenvalue weighted by Gasteiger charge is -2.10. The molecular formula is C19H19NO7. The molecule has 0 aliphatic carbocycles. The summed E-state index contributed by atoms with van der Waals surface area (Å²) in [7, 11) is 2.93. The summed E-state index contributed by atoms with van der Waals surface area (Å²) in [6.45, 7) is -0.705. The predicted octanol–water partition coefficient (Wildman–Crippen LogP) is 1.61. The normalized spacial score (nSPS) is 10.0. The number of ketones is 1. The van der Waals surface area contributed by atoms with E-state index in [-0.39, 0.29) is 17.7 Å². The van der Waals surface area contributed by atoms with E-state index in [0.717, 1.165) is 0 Å². The number of methoxy groups -OCH3 is 2. The molecule has 2 N–H and O–H groups in total. The molecule has 0 heterocycles. The van der Waals surface area contributed by atoms with E-state index in [1.165, 1.54) is 38.5 Å². The maximum Gasteiger partial charge on any atom is 0.338 e. The monoisotopic (exact) mass is 373 g/mol. The van der Waals surface area contributed by atoms with Gasteiger partial charge >= 0.3 is 5.97 Å². The first-order chi connectivity index (χ1) is 12.9. The van der Waals surface area contributed by atoms with E-state index in [4.69, 9.17) is 24.7 Å². The van der Waals surface area contributed by atoms with E-state index in [2.05, 4.69) is 0 Å². The van der Waals surface area contributed by atoms with Gasteiger partial charge in [-0.3, -0.25) is 9.59 Å². The number of amides is 1. The molecule has 2 rings (SSSR count). The van der Waals surface area contributed by atoms with Crippen molar-refractivity contribution in [3.63, 3.8) is 0 Å². The van der Waals surface area contributed by atoms with Gasteiger partial charge in [-0.05, 0) is 36.4 Å². The Morgan fingerprint density at radius 2 is 1.56 bits per heavy atom. The van der Waals surface area contributed by atoms with Crippen LogP contribution in [0.1, 0.15) is 20.7 Å². The van der Waals surface area contributed by atoms with E-state index in [0.29, 0.717) is 17.2 Å². The van der Waals surface area contributed by atoms with Crippen molar-refractivity contribution >= 4 is 17.7 Å². The zero-order valence-electron chi connectivity index (χ0n) is 14.9. The second-order valence-corrected chi connectivity index (χ2v) is 5.34. The van der Waals surface area contributed by atoms with E-state index in [1.54, 1.807) is 18.2 Å². The number of carbonyl (C=O) groups excluding carboxylic acids is 3. The van der Waals surface area contributed by atoms with Crippen LogP contribution in [-0.4, -0.2) is 45.1 Å². The highest BCUT2D eigenvalue weighted by molar-refractivity contribution is 6.01. The molecule has 0 bridgehead atoms. The molecule has 27 heavy (non-hydrogen) atoms. The van der Waals surface area contributed by atoms with Gasteiger partial charge < -0.3 is 24.7 Å². The number of nitrogens with two attached hydrogens (primary N) is 1. The van der Waals surface area contributed by atoms with Gasteiger partial charge in [0.05, 0.1) is 25.3 Å². The third-order valence-electron chi connectivity index (χ3n) is 3.51. The molecule has 2 aromatic rings. The number of rotatable bonds is 9. The standard InChI is InChI=1S/C19H19NO7/c1-24-14-7-8-15(17(9-14)25-2)16(21)10-27-19(23)12-3-5-13(6-4-12)26-11-18(20)22/h3-9H,10-11H2,1-2H3,(H2,20,22). The molecule has 0 fully saturated rings. The lowest BCUT2D eigenvalue weighted by atomic mass is 10.1. The molecule has 0 saturated heterocycles.